The Morgan fingerprint density at radius 3 is 0.933 bits per heavy atom. The maximum absolute atomic E-state index is 8.49. The molecular formula is C31H28Cl2O8S4. The van der Waals surface area contributed by atoms with Crippen LogP contribution in [-0.2, 0) is 21.8 Å². The first-order valence-corrected chi connectivity index (χ1v) is 20.5. The molecule has 1 aliphatic carbocycles. The third-order valence-corrected chi connectivity index (χ3v) is 15.9. The molecule has 3 aliphatic rings. The molecule has 1 fully saturated rings. The highest BCUT2D eigenvalue weighted by Crippen LogP contribution is 2.53. The first kappa shape index (κ1) is 34.9. The second kappa shape index (κ2) is 15.2. The molecule has 14 heteroatoms. The van der Waals surface area contributed by atoms with Gasteiger partial charge in [-0.3, -0.25) is 0 Å². The fraction of sp³-hybridized carbons (Fsp3) is 0.226. The molecule has 238 valence electrons. The minimum Gasteiger partial charge on any atom is -0.222 e. The summed E-state index contributed by atoms with van der Waals surface area (Å²) in [7, 11) is -9.69. The zero-order chi connectivity index (χ0) is 32.2. The maximum atomic E-state index is 8.49. The third-order valence-electron chi connectivity index (χ3n) is 7.28. The molecule has 45 heavy (non-hydrogen) atoms. The van der Waals surface area contributed by atoms with Gasteiger partial charge in [-0.1, -0.05) is 78.5 Å². The molecule has 7 rings (SSSR count). The van der Waals surface area contributed by atoms with Crippen molar-refractivity contribution < 1.29 is 57.8 Å². The summed E-state index contributed by atoms with van der Waals surface area (Å²) < 4.78 is 67.9. The van der Waals surface area contributed by atoms with E-state index < -0.39 is 20.5 Å². The molecule has 4 aromatic rings. The number of benzene rings is 4. The Morgan fingerprint density at radius 1 is 0.422 bits per heavy atom. The van der Waals surface area contributed by atoms with Crippen molar-refractivity contribution in [1.82, 2.24) is 0 Å². The van der Waals surface area contributed by atoms with Crippen LogP contribution >= 0.6 is 23.5 Å². The standard InChI is InChI=1S/C31H28S4.2ClHO4/c1-2-20-30(34-26-16-8-4-12-22(26)32-23-13-5-9-17-27(23)34)31(21-3-1)35-28-18-10-6-14-24(28)33-25-15-7-11-19-29(25)35;2*2-1(3,4)5/h4-19,30-31H,1-3,20-21H2;2*(H,2,3,4,5)/q+2;;/p-2/t30-,31-;;/m1../s1. The molecule has 0 amide bonds. The molecule has 1 saturated carbocycles. The van der Waals surface area contributed by atoms with Crippen LogP contribution in [0.4, 0.5) is 0 Å². The molecular weight excluding hydrogens is 700 g/mol. The van der Waals surface area contributed by atoms with Gasteiger partial charge in [-0.2, -0.15) is 0 Å². The van der Waals surface area contributed by atoms with Gasteiger partial charge in [-0.25, -0.2) is 37.3 Å². The van der Waals surface area contributed by atoms with E-state index in [1.165, 1.54) is 51.7 Å². The monoisotopic (exact) mass is 726 g/mol. The van der Waals surface area contributed by atoms with Crippen molar-refractivity contribution in [2.24, 2.45) is 0 Å². The zero-order valence-corrected chi connectivity index (χ0v) is 28.4. The van der Waals surface area contributed by atoms with Crippen LogP contribution in [0.25, 0.3) is 0 Å². The van der Waals surface area contributed by atoms with Gasteiger partial charge < -0.3 is 0 Å². The van der Waals surface area contributed by atoms with Crippen molar-refractivity contribution in [3.8, 4) is 0 Å². The summed E-state index contributed by atoms with van der Waals surface area (Å²) in [5.41, 5.74) is 0. The molecule has 0 spiro atoms. The third kappa shape index (κ3) is 9.34. The average Bonchev–Trinajstić information content (AvgIpc) is 3.22. The number of hydrogen-bond donors (Lipinski definition) is 0. The number of hydrogen-bond acceptors (Lipinski definition) is 10. The molecule has 2 atom stereocenters. The van der Waals surface area contributed by atoms with Crippen molar-refractivity contribution in [3.63, 3.8) is 0 Å². The lowest BCUT2D eigenvalue weighted by Crippen LogP contribution is -2.68. The lowest BCUT2D eigenvalue weighted by molar-refractivity contribution is -2.00. The van der Waals surface area contributed by atoms with E-state index in [9.17, 15) is 0 Å². The first-order valence-electron chi connectivity index (χ1n) is 13.8. The minimum absolute atomic E-state index is 0.102. The summed E-state index contributed by atoms with van der Waals surface area (Å²) in [5.74, 6) is 0. The van der Waals surface area contributed by atoms with Gasteiger partial charge in [0.1, 0.15) is 0 Å². The van der Waals surface area contributed by atoms with E-state index in [-0.39, 0.29) is 21.8 Å². The average molecular weight is 728 g/mol. The van der Waals surface area contributed by atoms with Crippen LogP contribution in [0.2, 0.25) is 0 Å². The largest absolute Gasteiger partial charge is 0.222 e. The highest BCUT2D eigenvalue weighted by Gasteiger charge is 2.55. The summed E-state index contributed by atoms with van der Waals surface area (Å²) in [6.45, 7) is 0. The number of rotatable bonds is 2. The number of fused-ring (bicyclic) bond motifs is 4. The fourth-order valence-electron chi connectivity index (χ4n) is 5.77. The van der Waals surface area contributed by atoms with E-state index >= 15 is 0 Å². The lowest BCUT2D eigenvalue weighted by atomic mass is 10.2. The summed E-state index contributed by atoms with van der Waals surface area (Å²) in [5, 5.41) is 1.35. The molecule has 0 aromatic heterocycles. The number of halogens is 2. The molecule has 2 aliphatic heterocycles. The highest BCUT2D eigenvalue weighted by molar-refractivity contribution is 8.06. The van der Waals surface area contributed by atoms with E-state index in [1.54, 1.807) is 19.6 Å². The van der Waals surface area contributed by atoms with Crippen LogP contribution in [0.5, 0.6) is 0 Å². The SMILES string of the molecule is [O-][Cl+3]([O-])([O-])[O-].[O-][Cl+3]([O-])([O-])[O-].c1ccc2c(c1)Sc1ccccc1[S+]2[C@@H]1CCCCC[C@H]1[S+]1c2ccccc2Sc2ccccc21. The van der Waals surface area contributed by atoms with E-state index in [0.717, 1.165) is 0 Å². The zero-order valence-electron chi connectivity index (χ0n) is 23.6. The lowest BCUT2D eigenvalue weighted by Gasteiger charge is -2.30. The first-order chi connectivity index (χ1) is 21.4. The molecule has 2 heterocycles. The van der Waals surface area contributed by atoms with E-state index in [1.807, 2.05) is 23.5 Å². The molecule has 0 unspecified atom stereocenters. The van der Waals surface area contributed by atoms with E-state index in [2.05, 4.69) is 97.1 Å². The Bertz CT molecular complexity index is 1380. The van der Waals surface area contributed by atoms with Crippen molar-refractivity contribution in [1.29, 1.82) is 0 Å². The second-order valence-electron chi connectivity index (χ2n) is 10.1. The molecule has 0 radical (unpaired) electrons. The molecule has 4 aromatic carbocycles. The smallest absolute Gasteiger partial charge is 0.177 e. The van der Waals surface area contributed by atoms with Gasteiger partial charge in [0.25, 0.3) is 0 Å². The summed E-state index contributed by atoms with van der Waals surface area (Å²) in [4.78, 5) is 12.2. The Labute approximate surface area is 280 Å². The van der Waals surface area contributed by atoms with Crippen molar-refractivity contribution in [2.75, 3.05) is 0 Å². The van der Waals surface area contributed by atoms with Crippen LogP contribution in [-0.4, -0.2) is 10.5 Å². The fourth-order valence-corrected chi connectivity index (χ4v) is 15.3. The molecule has 8 nitrogen and oxygen atoms in total. The van der Waals surface area contributed by atoms with Gasteiger partial charge >= 0.3 is 0 Å². The van der Waals surface area contributed by atoms with Crippen molar-refractivity contribution >= 4 is 45.3 Å². The van der Waals surface area contributed by atoms with Crippen molar-refractivity contribution in [3.05, 3.63) is 97.1 Å². The van der Waals surface area contributed by atoms with Crippen LogP contribution in [0.3, 0.4) is 0 Å². The van der Waals surface area contributed by atoms with Gasteiger partial charge in [0.2, 0.25) is 0 Å². The van der Waals surface area contributed by atoms with Crippen LogP contribution < -0.4 is 37.3 Å². The van der Waals surface area contributed by atoms with Gasteiger partial charge in [0.05, 0.1) is 41.4 Å². The topological polar surface area (TPSA) is 184 Å². The van der Waals surface area contributed by atoms with Crippen LogP contribution in [0.15, 0.2) is 136 Å². The second-order valence-corrected chi connectivity index (χ2v) is 18.1. The van der Waals surface area contributed by atoms with Crippen molar-refractivity contribution in [2.45, 2.75) is 81.8 Å². The van der Waals surface area contributed by atoms with Gasteiger partial charge in [-0.05, 0) is 61.4 Å². The van der Waals surface area contributed by atoms with Crippen LogP contribution in [0.1, 0.15) is 32.1 Å². The predicted octanol–water partition coefficient (Wildman–Crippen LogP) is -0.422. The van der Waals surface area contributed by atoms with E-state index in [0.29, 0.717) is 10.5 Å². The maximum Gasteiger partial charge on any atom is 0.177 e. The van der Waals surface area contributed by atoms with Crippen LogP contribution in [0, 0.1) is 20.5 Å². The predicted molar refractivity (Wildman–Crippen MR) is 152 cm³/mol. The highest BCUT2D eigenvalue weighted by atomic mass is 35.7. The summed E-state index contributed by atoms with van der Waals surface area (Å²) in [6.07, 6.45) is 6.76. The molecule has 0 saturated heterocycles. The summed E-state index contributed by atoms with van der Waals surface area (Å²) >= 11 is 3.95. The molecule has 0 bridgehead atoms. The quantitative estimate of drug-likeness (QED) is 0.194. The van der Waals surface area contributed by atoms with E-state index in [4.69, 9.17) is 37.3 Å². The van der Waals surface area contributed by atoms with Gasteiger partial charge in [-0.15, -0.1) is 20.5 Å². The Morgan fingerprint density at radius 2 is 0.667 bits per heavy atom. The normalized spacial score (nSPS) is 19.6. The summed E-state index contributed by atoms with van der Waals surface area (Å²) in [6, 6.07) is 37.1. The Balaban J connectivity index is 0.000000351. The minimum atomic E-state index is -4.94. The molecule has 0 N–H and O–H groups in total. The van der Waals surface area contributed by atoms with Gasteiger partial charge in [0, 0.05) is 12.8 Å². The Kier molecular flexibility index (Phi) is 11.8. The van der Waals surface area contributed by atoms with Gasteiger partial charge in [0.15, 0.2) is 30.1 Å². The Hall–Kier alpha value is -1.46.